The standard InChI is InChI=1S/C20H19F2N3O4.C2H6/c1-23(11-10-15-6-3-2-4-7-15)20(27)19(25(28)29)13-24(14-26)12-16-17(21)8-5-9-18(16)22;1-2/h2-9,13-14H,10-12H2,1H3;1-2H3/b19-13+;. The molecule has 0 unspecified atom stereocenters. The molecule has 31 heavy (non-hydrogen) atoms. The van der Waals surface area contributed by atoms with Gasteiger partial charge in [-0.05, 0) is 24.1 Å². The number of carbonyl (C=O) groups excluding carboxylic acids is 2. The number of carbonyl (C=O) groups is 2. The summed E-state index contributed by atoms with van der Waals surface area (Å²) in [7, 11) is 1.39. The van der Waals surface area contributed by atoms with Crippen molar-refractivity contribution in [3.63, 3.8) is 0 Å². The molecule has 166 valence electrons. The Morgan fingerprint density at radius 1 is 1.06 bits per heavy atom. The summed E-state index contributed by atoms with van der Waals surface area (Å²) in [5.41, 5.74) is -0.379. The van der Waals surface area contributed by atoms with Gasteiger partial charge in [-0.15, -0.1) is 0 Å². The summed E-state index contributed by atoms with van der Waals surface area (Å²) < 4.78 is 27.6. The van der Waals surface area contributed by atoms with Crippen molar-refractivity contribution in [3.05, 3.63) is 93.3 Å². The van der Waals surface area contributed by atoms with Crippen molar-refractivity contribution in [2.45, 2.75) is 26.8 Å². The van der Waals surface area contributed by atoms with Crippen molar-refractivity contribution >= 4 is 12.3 Å². The van der Waals surface area contributed by atoms with E-state index in [2.05, 4.69) is 0 Å². The van der Waals surface area contributed by atoms with Crippen LogP contribution in [0.5, 0.6) is 0 Å². The third-order valence-electron chi connectivity index (χ3n) is 4.17. The van der Waals surface area contributed by atoms with E-state index in [1.165, 1.54) is 7.05 Å². The monoisotopic (exact) mass is 433 g/mol. The maximum absolute atomic E-state index is 13.8. The first-order chi connectivity index (χ1) is 14.8. The van der Waals surface area contributed by atoms with Crippen molar-refractivity contribution in [2.75, 3.05) is 13.6 Å². The van der Waals surface area contributed by atoms with Crippen molar-refractivity contribution < 1.29 is 23.3 Å². The summed E-state index contributed by atoms with van der Waals surface area (Å²) in [5, 5.41) is 11.4. The molecule has 0 saturated heterocycles. The van der Waals surface area contributed by atoms with Gasteiger partial charge in [-0.1, -0.05) is 50.2 Å². The van der Waals surface area contributed by atoms with Gasteiger partial charge >= 0.3 is 11.6 Å². The Hall–Kier alpha value is -3.62. The molecule has 0 radical (unpaired) electrons. The van der Waals surface area contributed by atoms with Crippen LogP contribution in [0.2, 0.25) is 0 Å². The first-order valence-electron chi connectivity index (χ1n) is 9.63. The number of rotatable bonds is 9. The van der Waals surface area contributed by atoms with Gasteiger partial charge in [-0.3, -0.25) is 19.7 Å². The van der Waals surface area contributed by atoms with E-state index in [1.54, 1.807) is 0 Å². The van der Waals surface area contributed by atoms with Gasteiger partial charge in [0.15, 0.2) is 0 Å². The molecule has 0 spiro atoms. The lowest BCUT2D eigenvalue weighted by molar-refractivity contribution is -0.420. The normalized spacial score (nSPS) is 10.5. The van der Waals surface area contributed by atoms with Crippen LogP contribution in [-0.4, -0.2) is 40.6 Å². The second-order valence-electron chi connectivity index (χ2n) is 6.21. The molecule has 0 aliphatic rings. The predicted octanol–water partition coefficient (Wildman–Crippen LogP) is 3.77. The minimum atomic E-state index is -0.935. The van der Waals surface area contributed by atoms with E-state index in [0.717, 1.165) is 28.7 Å². The van der Waals surface area contributed by atoms with Crippen LogP contribution in [0.3, 0.4) is 0 Å². The Labute approximate surface area is 179 Å². The maximum atomic E-state index is 13.8. The van der Waals surface area contributed by atoms with E-state index in [-0.39, 0.29) is 13.0 Å². The molecule has 9 heteroatoms. The lowest BCUT2D eigenvalue weighted by Crippen LogP contribution is -2.33. The summed E-state index contributed by atoms with van der Waals surface area (Å²) in [4.78, 5) is 36.0. The highest BCUT2D eigenvalue weighted by Crippen LogP contribution is 2.15. The van der Waals surface area contributed by atoms with Crippen LogP contribution in [0.1, 0.15) is 25.0 Å². The second kappa shape index (κ2) is 12.8. The predicted molar refractivity (Wildman–Crippen MR) is 112 cm³/mol. The molecule has 0 N–H and O–H groups in total. The SMILES string of the molecule is CC.CN(CCc1ccccc1)C(=O)/C(=C\N(C=O)Cc1c(F)cccc1F)[N+](=O)[O-]. The number of benzene rings is 2. The third-order valence-corrected chi connectivity index (χ3v) is 4.17. The third kappa shape index (κ3) is 7.61. The smallest absolute Gasteiger partial charge is 0.336 e. The fourth-order valence-electron chi connectivity index (χ4n) is 2.56. The van der Waals surface area contributed by atoms with Crippen molar-refractivity contribution in [2.24, 2.45) is 0 Å². The minimum Gasteiger partial charge on any atom is -0.336 e. The summed E-state index contributed by atoms with van der Waals surface area (Å²) in [6, 6.07) is 12.4. The van der Waals surface area contributed by atoms with E-state index in [9.17, 15) is 28.5 Å². The van der Waals surface area contributed by atoms with E-state index in [0.29, 0.717) is 17.5 Å². The Kier molecular flexibility index (Phi) is 10.5. The minimum absolute atomic E-state index is 0.159. The molecule has 2 aromatic rings. The molecule has 0 heterocycles. The van der Waals surface area contributed by atoms with Crippen molar-refractivity contribution in [1.29, 1.82) is 0 Å². The maximum Gasteiger partial charge on any atom is 0.349 e. The Morgan fingerprint density at radius 2 is 1.65 bits per heavy atom. The molecule has 2 amide bonds. The van der Waals surface area contributed by atoms with Crippen LogP contribution in [0, 0.1) is 21.7 Å². The zero-order valence-electron chi connectivity index (χ0n) is 17.6. The number of hydrogen-bond donors (Lipinski definition) is 0. The van der Waals surface area contributed by atoms with Gasteiger partial charge in [0, 0.05) is 19.2 Å². The number of likely N-dealkylation sites (N-methyl/N-ethyl adjacent to an activating group) is 1. The molecule has 2 rings (SSSR count). The highest BCUT2D eigenvalue weighted by Gasteiger charge is 2.27. The van der Waals surface area contributed by atoms with E-state index in [1.807, 2.05) is 44.2 Å². The molecular formula is C22H25F2N3O4. The number of nitro groups is 1. The summed E-state index contributed by atoms with van der Waals surface area (Å²) in [5.74, 6) is -2.73. The van der Waals surface area contributed by atoms with Gasteiger partial charge in [0.25, 0.3) is 0 Å². The van der Waals surface area contributed by atoms with E-state index < -0.39 is 40.3 Å². The largest absolute Gasteiger partial charge is 0.349 e. The molecule has 0 saturated carbocycles. The quantitative estimate of drug-likeness (QED) is 0.261. The second-order valence-corrected chi connectivity index (χ2v) is 6.21. The highest BCUT2D eigenvalue weighted by atomic mass is 19.1. The van der Waals surface area contributed by atoms with Crippen LogP contribution in [0.15, 0.2) is 60.4 Å². The number of hydrogen-bond acceptors (Lipinski definition) is 4. The summed E-state index contributed by atoms with van der Waals surface area (Å²) in [6.07, 6.45) is 1.32. The van der Waals surface area contributed by atoms with Gasteiger partial charge in [-0.2, -0.15) is 0 Å². The summed E-state index contributed by atoms with van der Waals surface area (Å²) >= 11 is 0. The Morgan fingerprint density at radius 3 is 2.16 bits per heavy atom. The van der Waals surface area contributed by atoms with E-state index >= 15 is 0 Å². The molecule has 0 fully saturated rings. The number of nitrogens with zero attached hydrogens (tertiary/aromatic N) is 3. The zero-order valence-corrected chi connectivity index (χ0v) is 17.6. The van der Waals surface area contributed by atoms with Gasteiger partial charge < -0.3 is 9.80 Å². The van der Waals surface area contributed by atoms with Crippen LogP contribution >= 0.6 is 0 Å². The number of amides is 2. The summed E-state index contributed by atoms with van der Waals surface area (Å²) in [6.45, 7) is 3.61. The van der Waals surface area contributed by atoms with Crippen LogP contribution in [-0.2, 0) is 22.6 Å². The topological polar surface area (TPSA) is 83.8 Å². The van der Waals surface area contributed by atoms with Gasteiger partial charge in [-0.25, -0.2) is 8.78 Å². The molecule has 7 nitrogen and oxygen atoms in total. The van der Waals surface area contributed by atoms with Gasteiger partial charge in [0.05, 0.1) is 17.7 Å². The highest BCUT2D eigenvalue weighted by molar-refractivity contribution is 5.91. The lowest BCUT2D eigenvalue weighted by atomic mass is 10.1. The fourth-order valence-corrected chi connectivity index (χ4v) is 2.56. The van der Waals surface area contributed by atoms with Gasteiger partial charge in [0.2, 0.25) is 6.41 Å². The van der Waals surface area contributed by atoms with Crippen LogP contribution < -0.4 is 0 Å². The van der Waals surface area contributed by atoms with Gasteiger partial charge in [0.1, 0.15) is 11.6 Å². The first-order valence-corrected chi connectivity index (χ1v) is 9.63. The Balaban J connectivity index is 0.00000233. The van der Waals surface area contributed by atoms with Crippen molar-refractivity contribution in [3.8, 4) is 0 Å². The van der Waals surface area contributed by atoms with Crippen LogP contribution in [0.25, 0.3) is 0 Å². The molecule has 0 atom stereocenters. The zero-order chi connectivity index (χ0) is 23.4. The molecule has 0 aromatic heterocycles. The van der Waals surface area contributed by atoms with E-state index in [4.69, 9.17) is 0 Å². The molecule has 0 aliphatic carbocycles. The lowest BCUT2D eigenvalue weighted by Gasteiger charge is -2.17. The van der Waals surface area contributed by atoms with Crippen LogP contribution in [0.4, 0.5) is 8.78 Å². The average Bonchev–Trinajstić information content (AvgIpc) is 2.78. The average molecular weight is 433 g/mol. The number of halogens is 2. The first kappa shape index (κ1) is 25.4. The Bertz CT molecular complexity index is 900. The molecule has 0 aliphatic heterocycles. The molecule has 0 bridgehead atoms. The molecule has 2 aromatic carbocycles. The fraction of sp³-hybridized carbons (Fsp3) is 0.273. The molecular weight excluding hydrogens is 408 g/mol. The van der Waals surface area contributed by atoms with Crippen molar-refractivity contribution in [1.82, 2.24) is 9.80 Å².